The van der Waals surface area contributed by atoms with E-state index >= 15 is 0 Å². The summed E-state index contributed by atoms with van der Waals surface area (Å²) in [6, 6.07) is 7.83. The average molecular weight is 254 g/mol. The molecule has 0 atom stereocenters. The van der Waals surface area contributed by atoms with E-state index in [1.807, 2.05) is 24.3 Å². The second-order valence-corrected chi connectivity index (χ2v) is 4.36. The van der Waals surface area contributed by atoms with Gasteiger partial charge in [-0.25, -0.2) is 0 Å². The molecule has 0 spiro atoms. The van der Waals surface area contributed by atoms with Gasteiger partial charge >= 0.3 is 0 Å². The Hall–Kier alpha value is -1.04. The molecule has 0 fully saturated rings. The van der Waals surface area contributed by atoms with Crippen molar-refractivity contribution >= 4 is 34.8 Å². The minimum atomic E-state index is 0.291. The topological polar surface area (TPSA) is 38.5 Å². The Balaban J connectivity index is 3.06. The summed E-state index contributed by atoms with van der Waals surface area (Å²) in [5.74, 6) is 0. The number of benzene rings is 1. The number of nitrogens with two attached hydrogens (primary N) is 1. The lowest BCUT2D eigenvalue weighted by molar-refractivity contribution is 0.208. The number of anilines is 1. The Morgan fingerprint density at radius 3 is 2.88 bits per heavy atom. The van der Waals surface area contributed by atoms with Crippen molar-refractivity contribution < 1.29 is 4.74 Å². The number of methoxy groups -OCH3 is 1. The first-order chi connectivity index (χ1) is 7.70. The lowest BCUT2D eigenvalue weighted by Gasteiger charge is -2.23. The Kier molecular flexibility index (Phi) is 5.31. The molecule has 3 nitrogen and oxygen atoms in total. The van der Waals surface area contributed by atoms with Crippen molar-refractivity contribution in [3.8, 4) is 0 Å². The maximum atomic E-state index is 5.66. The van der Waals surface area contributed by atoms with E-state index < -0.39 is 0 Å². The smallest absolute Gasteiger partial charge is 0.172 e. The summed E-state index contributed by atoms with van der Waals surface area (Å²) in [6.45, 7) is 4.03. The highest BCUT2D eigenvalue weighted by molar-refractivity contribution is 8.02. The summed E-state index contributed by atoms with van der Waals surface area (Å²) in [5, 5.41) is 2.06. The third-order valence-corrected chi connectivity index (χ3v) is 2.88. The summed E-state index contributed by atoms with van der Waals surface area (Å²) in [4.78, 5) is 2.78. The molecule has 0 unspecified atom stereocenters. The van der Waals surface area contributed by atoms with Crippen molar-refractivity contribution in [1.82, 2.24) is 0 Å². The number of hydrogen-bond donors (Lipinski definition) is 1. The molecule has 0 aromatic heterocycles. The summed E-state index contributed by atoms with van der Waals surface area (Å²) in [5.41, 5.74) is 6.59. The number of rotatable bonds is 5. The van der Waals surface area contributed by atoms with Crippen LogP contribution in [0.4, 0.5) is 5.69 Å². The van der Waals surface area contributed by atoms with Crippen LogP contribution in [0.2, 0.25) is 0 Å². The van der Waals surface area contributed by atoms with Crippen LogP contribution >= 0.6 is 24.0 Å². The van der Waals surface area contributed by atoms with Crippen molar-refractivity contribution in [1.29, 1.82) is 0 Å². The van der Waals surface area contributed by atoms with Crippen LogP contribution in [0, 0.1) is 0 Å². The zero-order valence-corrected chi connectivity index (χ0v) is 10.7. The summed E-state index contributed by atoms with van der Waals surface area (Å²) >= 11 is 6.52. The van der Waals surface area contributed by atoms with Gasteiger partial charge in [0.2, 0.25) is 0 Å². The van der Waals surface area contributed by atoms with E-state index in [1.54, 1.807) is 17.4 Å². The van der Waals surface area contributed by atoms with Gasteiger partial charge in [0, 0.05) is 12.0 Å². The maximum Gasteiger partial charge on any atom is 0.172 e. The minimum absolute atomic E-state index is 0.291. The molecule has 1 aromatic rings. The molecule has 0 saturated heterocycles. The zero-order chi connectivity index (χ0) is 12.0. The van der Waals surface area contributed by atoms with Gasteiger partial charge in [0.25, 0.3) is 0 Å². The van der Waals surface area contributed by atoms with Gasteiger partial charge in [0.05, 0.1) is 5.69 Å². The van der Waals surface area contributed by atoms with Crippen molar-refractivity contribution in [2.75, 3.05) is 18.7 Å². The molecule has 0 amide bonds. The van der Waals surface area contributed by atoms with Crippen molar-refractivity contribution in [3.63, 3.8) is 0 Å². The number of thioether (sulfide) groups is 1. The minimum Gasteiger partial charge on any atom is -0.376 e. The standard InChI is InChI=1S/C11H14N2OS2/c1-3-16-10-7-5-4-6-9(10)13(8-14-2)11(12)15/h3-7H,1,8H2,2H3,(H2,12,15). The third kappa shape index (κ3) is 3.23. The fourth-order valence-electron chi connectivity index (χ4n) is 1.25. The SMILES string of the molecule is C=CSc1ccccc1N(COC)C(N)=S. The quantitative estimate of drug-likeness (QED) is 0.497. The highest BCUT2D eigenvalue weighted by Gasteiger charge is 2.12. The van der Waals surface area contributed by atoms with E-state index in [1.165, 1.54) is 11.8 Å². The molecule has 2 N–H and O–H groups in total. The zero-order valence-electron chi connectivity index (χ0n) is 9.05. The van der Waals surface area contributed by atoms with Gasteiger partial charge < -0.3 is 10.5 Å². The largest absolute Gasteiger partial charge is 0.376 e. The normalized spacial score (nSPS) is 9.81. The van der Waals surface area contributed by atoms with E-state index in [0.29, 0.717) is 11.8 Å². The molecule has 0 aliphatic heterocycles. The van der Waals surface area contributed by atoms with Crippen LogP contribution in [0.1, 0.15) is 0 Å². The van der Waals surface area contributed by atoms with Crippen LogP contribution < -0.4 is 10.6 Å². The lowest BCUT2D eigenvalue weighted by Crippen LogP contribution is -2.37. The van der Waals surface area contributed by atoms with Gasteiger partial charge in [0.15, 0.2) is 5.11 Å². The first-order valence-corrected chi connectivity index (χ1v) is 5.92. The van der Waals surface area contributed by atoms with Gasteiger partial charge in [-0.3, -0.25) is 4.90 Å². The van der Waals surface area contributed by atoms with Crippen molar-refractivity contribution in [3.05, 3.63) is 36.3 Å². The molecule has 0 radical (unpaired) electrons. The second-order valence-electron chi connectivity index (χ2n) is 2.94. The predicted molar refractivity (Wildman–Crippen MR) is 73.6 cm³/mol. The van der Waals surface area contributed by atoms with Crippen LogP contribution in [0.3, 0.4) is 0 Å². The van der Waals surface area contributed by atoms with Crippen molar-refractivity contribution in [2.45, 2.75) is 4.90 Å². The molecule has 0 heterocycles. The molecular weight excluding hydrogens is 240 g/mol. The Bertz CT molecular complexity index is 382. The molecule has 0 aliphatic carbocycles. The molecule has 0 aliphatic rings. The van der Waals surface area contributed by atoms with E-state index in [2.05, 4.69) is 6.58 Å². The number of para-hydroxylation sites is 1. The molecular formula is C11H14N2OS2. The summed E-state index contributed by atoms with van der Waals surface area (Å²) < 4.78 is 5.08. The van der Waals surface area contributed by atoms with Crippen LogP contribution in [0.15, 0.2) is 41.1 Å². The van der Waals surface area contributed by atoms with Gasteiger partial charge in [-0.1, -0.05) is 30.5 Å². The Morgan fingerprint density at radius 2 is 2.31 bits per heavy atom. The van der Waals surface area contributed by atoms with Gasteiger partial charge in [-0.05, 0) is 29.8 Å². The van der Waals surface area contributed by atoms with Crippen molar-refractivity contribution in [2.24, 2.45) is 5.73 Å². The lowest BCUT2D eigenvalue weighted by atomic mass is 10.3. The van der Waals surface area contributed by atoms with Crippen LogP contribution in [0.25, 0.3) is 0 Å². The maximum absolute atomic E-state index is 5.66. The third-order valence-electron chi connectivity index (χ3n) is 1.89. The van der Waals surface area contributed by atoms with Gasteiger partial charge in [0.1, 0.15) is 6.73 Å². The Morgan fingerprint density at radius 1 is 1.62 bits per heavy atom. The van der Waals surface area contributed by atoms with Gasteiger partial charge in [-0.2, -0.15) is 0 Å². The molecule has 86 valence electrons. The predicted octanol–water partition coefficient (Wildman–Crippen LogP) is 2.58. The van der Waals surface area contributed by atoms with E-state index in [4.69, 9.17) is 22.7 Å². The molecule has 0 saturated carbocycles. The molecule has 0 bridgehead atoms. The summed E-state index contributed by atoms with van der Waals surface area (Å²) in [6.07, 6.45) is 0. The highest BCUT2D eigenvalue weighted by atomic mass is 32.2. The van der Waals surface area contributed by atoms with Crippen LogP contribution in [0.5, 0.6) is 0 Å². The second kappa shape index (κ2) is 6.52. The van der Waals surface area contributed by atoms with E-state index in [9.17, 15) is 0 Å². The van der Waals surface area contributed by atoms with E-state index in [0.717, 1.165) is 10.6 Å². The monoisotopic (exact) mass is 254 g/mol. The first-order valence-electron chi connectivity index (χ1n) is 4.63. The first kappa shape index (κ1) is 13.0. The molecule has 1 rings (SSSR count). The van der Waals surface area contributed by atoms with E-state index in [-0.39, 0.29) is 0 Å². The van der Waals surface area contributed by atoms with Crippen LogP contribution in [-0.4, -0.2) is 19.0 Å². The van der Waals surface area contributed by atoms with Gasteiger partial charge in [-0.15, -0.1) is 0 Å². The average Bonchev–Trinajstić information content (AvgIpc) is 2.27. The summed E-state index contributed by atoms with van der Waals surface area (Å²) in [7, 11) is 1.61. The number of thiocarbonyl (C=S) groups is 1. The number of ether oxygens (including phenoxy) is 1. The molecule has 1 aromatic carbocycles. The number of hydrogen-bond acceptors (Lipinski definition) is 3. The fraction of sp³-hybridized carbons (Fsp3) is 0.182. The Labute approximate surface area is 105 Å². The molecule has 5 heteroatoms. The van der Waals surface area contributed by atoms with Crippen LogP contribution in [-0.2, 0) is 4.74 Å². The highest BCUT2D eigenvalue weighted by Crippen LogP contribution is 2.30. The number of nitrogens with zero attached hydrogens (tertiary/aromatic N) is 1. The molecule has 16 heavy (non-hydrogen) atoms. The fourth-order valence-corrected chi connectivity index (χ4v) is 2.04.